The van der Waals surface area contributed by atoms with E-state index in [4.69, 9.17) is 0 Å². The van der Waals surface area contributed by atoms with Crippen LogP contribution in [0.1, 0.15) is 290 Å². The Morgan fingerprint density at radius 2 is 0.348 bits per heavy atom. The highest BCUT2D eigenvalue weighted by Crippen LogP contribution is 2.24. The third-order valence-electron chi connectivity index (χ3n) is 11.1. The van der Waals surface area contributed by atoms with E-state index in [0.29, 0.717) is 0 Å². The SMILES string of the molecule is CCCCCCCCCCCCCCCCCCCCCCCCC(CCC)CCCCCCCCCCCCCCCCCC. The van der Waals surface area contributed by atoms with Gasteiger partial charge in [-0.15, -0.1) is 0 Å². The molecule has 0 heterocycles. The van der Waals surface area contributed by atoms with Crippen molar-refractivity contribution in [2.75, 3.05) is 0 Å². The van der Waals surface area contributed by atoms with Gasteiger partial charge in [0, 0.05) is 0 Å². The molecule has 0 saturated heterocycles. The molecule has 0 amide bonds. The Hall–Kier alpha value is 0. The first-order valence-corrected chi connectivity index (χ1v) is 22.8. The fraction of sp³-hybridized carbons (Fsp3) is 1.00. The van der Waals surface area contributed by atoms with E-state index in [-0.39, 0.29) is 0 Å². The molecule has 278 valence electrons. The Bertz CT molecular complexity index is 494. The molecule has 0 aromatic rings. The minimum absolute atomic E-state index is 1.03. The molecule has 46 heavy (non-hydrogen) atoms. The molecule has 0 aromatic carbocycles. The van der Waals surface area contributed by atoms with E-state index in [0.717, 1.165) is 5.92 Å². The summed E-state index contributed by atoms with van der Waals surface area (Å²) in [7, 11) is 0. The van der Waals surface area contributed by atoms with Crippen molar-refractivity contribution < 1.29 is 0 Å². The summed E-state index contributed by atoms with van der Waals surface area (Å²) in [5.41, 5.74) is 0. The zero-order valence-corrected chi connectivity index (χ0v) is 33.3. The Morgan fingerprint density at radius 3 is 0.522 bits per heavy atom. The predicted octanol–water partition coefficient (Wildman–Crippen LogP) is 18.0. The summed E-state index contributed by atoms with van der Waals surface area (Å²) in [4.78, 5) is 0. The van der Waals surface area contributed by atoms with Gasteiger partial charge >= 0.3 is 0 Å². The Kier molecular flexibility index (Phi) is 43.0. The van der Waals surface area contributed by atoms with Gasteiger partial charge in [0.1, 0.15) is 0 Å². The molecule has 0 aliphatic rings. The second kappa shape index (κ2) is 43.0. The lowest BCUT2D eigenvalue weighted by Crippen LogP contribution is -2.00. The normalized spacial score (nSPS) is 12.3. The van der Waals surface area contributed by atoms with Crippen molar-refractivity contribution in [1.82, 2.24) is 0 Å². The molecule has 0 nitrogen and oxygen atoms in total. The van der Waals surface area contributed by atoms with Crippen LogP contribution in [0.15, 0.2) is 0 Å². The fourth-order valence-corrected chi connectivity index (χ4v) is 7.86. The summed E-state index contributed by atoms with van der Waals surface area (Å²) in [5, 5.41) is 0. The highest BCUT2D eigenvalue weighted by molar-refractivity contribution is 4.61. The molecule has 0 rings (SSSR count). The standard InChI is InChI=1S/C46H94/c1-4-7-9-11-13-15-17-19-21-23-24-25-26-27-28-30-32-34-36-38-40-42-45-46(43-6-3)44-41-39-37-35-33-31-29-22-20-18-16-14-12-10-8-5-2/h46H,4-45H2,1-3H3. The van der Waals surface area contributed by atoms with Crippen LogP contribution in [0.4, 0.5) is 0 Å². The maximum atomic E-state index is 2.40. The molecule has 0 saturated carbocycles. The van der Waals surface area contributed by atoms with Crippen LogP contribution < -0.4 is 0 Å². The molecule has 0 aliphatic heterocycles. The molecular formula is C46H94. The third kappa shape index (κ3) is 40.2. The Balaban J connectivity index is 3.32. The molecule has 0 radical (unpaired) electrons. The molecule has 1 unspecified atom stereocenters. The van der Waals surface area contributed by atoms with Crippen molar-refractivity contribution in [2.45, 2.75) is 290 Å². The first kappa shape index (κ1) is 46.0. The molecule has 0 aliphatic carbocycles. The van der Waals surface area contributed by atoms with Crippen molar-refractivity contribution >= 4 is 0 Å². The first-order chi connectivity index (χ1) is 22.8. The monoisotopic (exact) mass is 647 g/mol. The fourth-order valence-electron chi connectivity index (χ4n) is 7.86. The second-order valence-electron chi connectivity index (χ2n) is 16.0. The van der Waals surface area contributed by atoms with Crippen molar-refractivity contribution in [2.24, 2.45) is 5.92 Å². The zero-order chi connectivity index (χ0) is 33.3. The number of hydrogen-bond donors (Lipinski definition) is 0. The lowest BCUT2D eigenvalue weighted by molar-refractivity contribution is 0.376. The maximum absolute atomic E-state index is 2.40. The van der Waals surface area contributed by atoms with Crippen LogP contribution in [0.25, 0.3) is 0 Å². The molecule has 0 bridgehead atoms. The highest BCUT2D eigenvalue weighted by atomic mass is 14.1. The summed E-state index contributed by atoms with van der Waals surface area (Å²) in [5.74, 6) is 1.03. The quantitative estimate of drug-likeness (QED) is 0.0579. The third-order valence-corrected chi connectivity index (χ3v) is 11.1. The van der Waals surface area contributed by atoms with Crippen LogP contribution in [-0.4, -0.2) is 0 Å². The summed E-state index contributed by atoms with van der Waals surface area (Å²) in [6, 6.07) is 0. The van der Waals surface area contributed by atoms with Crippen LogP contribution in [0.2, 0.25) is 0 Å². The summed E-state index contributed by atoms with van der Waals surface area (Å²) >= 11 is 0. The topological polar surface area (TPSA) is 0 Å². The van der Waals surface area contributed by atoms with Crippen molar-refractivity contribution in [1.29, 1.82) is 0 Å². The number of rotatable bonds is 42. The highest BCUT2D eigenvalue weighted by Gasteiger charge is 2.07. The molecular weight excluding hydrogens is 553 g/mol. The Labute approximate surface area is 295 Å². The van der Waals surface area contributed by atoms with E-state index < -0.39 is 0 Å². The van der Waals surface area contributed by atoms with E-state index in [1.54, 1.807) is 0 Å². The van der Waals surface area contributed by atoms with E-state index in [1.165, 1.54) is 270 Å². The average molecular weight is 647 g/mol. The van der Waals surface area contributed by atoms with E-state index in [2.05, 4.69) is 20.8 Å². The van der Waals surface area contributed by atoms with Gasteiger partial charge in [-0.3, -0.25) is 0 Å². The summed E-state index contributed by atoms with van der Waals surface area (Å²) in [6.45, 7) is 7.03. The van der Waals surface area contributed by atoms with E-state index >= 15 is 0 Å². The second-order valence-corrected chi connectivity index (χ2v) is 16.0. The van der Waals surface area contributed by atoms with Gasteiger partial charge in [0.2, 0.25) is 0 Å². The molecule has 0 aromatic heterocycles. The van der Waals surface area contributed by atoms with Crippen molar-refractivity contribution in [3.8, 4) is 0 Å². The van der Waals surface area contributed by atoms with Gasteiger partial charge in [0.25, 0.3) is 0 Å². The van der Waals surface area contributed by atoms with Crippen LogP contribution in [0.5, 0.6) is 0 Å². The smallest absolute Gasteiger partial charge is 0.0414 e. The van der Waals surface area contributed by atoms with Gasteiger partial charge in [-0.1, -0.05) is 290 Å². The van der Waals surface area contributed by atoms with Crippen molar-refractivity contribution in [3.63, 3.8) is 0 Å². The average Bonchev–Trinajstić information content (AvgIpc) is 3.06. The Morgan fingerprint density at radius 1 is 0.174 bits per heavy atom. The van der Waals surface area contributed by atoms with Gasteiger partial charge in [-0.05, 0) is 5.92 Å². The van der Waals surface area contributed by atoms with Gasteiger partial charge in [0.15, 0.2) is 0 Å². The van der Waals surface area contributed by atoms with E-state index in [9.17, 15) is 0 Å². The molecule has 0 heteroatoms. The minimum atomic E-state index is 1.03. The van der Waals surface area contributed by atoms with Crippen LogP contribution >= 0.6 is 0 Å². The number of hydrogen-bond acceptors (Lipinski definition) is 0. The lowest BCUT2D eigenvalue weighted by atomic mass is 9.90. The molecule has 1 atom stereocenters. The number of unbranched alkanes of at least 4 members (excludes halogenated alkanes) is 36. The predicted molar refractivity (Wildman–Crippen MR) is 214 cm³/mol. The largest absolute Gasteiger partial charge is 0.0654 e. The molecule has 0 spiro atoms. The molecule has 0 N–H and O–H groups in total. The van der Waals surface area contributed by atoms with Gasteiger partial charge in [-0.2, -0.15) is 0 Å². The minimum Gasteiger partial charge on any atom is -0.0654 e. The summed E-state index contributed by atoms with van der Waals surface area (Å²) < 4.78 is 0. The summed E-state index contributed by atoms with van der Waals surface area (Å²) in [6.07, 6.45) is 62.3. The van der Waals surface area contributed by atoms with Crippen molar-refractivity contribution in [3.05, 3.63) is 0 Å². The van der Waals surface area contributed by atoms with Crippen LogP contribution in [0.3, 0.4) is 0 Å². The zero-order valence-electron chi connectivity index (χ0n) is 33.3. The van der Waals surface area contributed by atoms with Crippen LogP contribution in [0, 0.1) is 5.92 Å². The van der Waals surface area contributed by atoms with Crippen LogP contribution in [-0.2, 0) is 0 Å². The molecule has 0 fully saturated rings. The maximum Gasteiger partial charge on any atom is -0.0414 e. The van der Waals surface area contributed by atoms with Gasteiger partial charge < -0.3 is 0 Å². The lowest BCUT2D eigenvalue weighted by Gasteiger charge is -2.16. The van der Waals surface area contributed by atoms with Gasteiger partial charge in [0.05, 0.1) is 0 Å². The van der Waals surface area contributed by atoms with Gasteiger partial charge in [-0.25, -0.2) is 0 Å². The first-order valence-electron chi connectivity index (χ1n) is 22.8. The van der Waals surface area contributed by atoms with E-state index in [1.807, 2.05) is 0 Å².